The molecule has 0 bridgehead atoms. The number of rotatable bonds is 3. The number of nitrogens with two attached hydrogens (primary N) is 1. The number of halogens is 2. The summed E-state index contributed by atoms with van der Waals surface area (Å²) in [5.74, 6) is -0.717. The van der Waals surface area contributed by atoms with E-state index in [0.29, 0.717) is 5.75 Å². The van der Waals surface area contributed by atoms with Crippen molar-refractivity contribution >= 4 is 21.8 Å². The lowest BCUT2D eigenvalue weighted by molar-refractivity contribution is 0.1000. The van der Waals surface area contributed by atoms with E-state index >= 15 is 0 Å². The topological polar surface area (TPSA) is 52.3 Å². The molecule has 2 N–H and O–H groups in total. The van der Waals surface area contributed by atoms with Crippen LogP contribution in [0.1, 0.15) is 15.9 Å². The van der Waals surface area contributed by atoms with E-state index in [-0.39, 0.29) is 11.3 Å². The molecule has 0 heterocycles. The third-order valence-electron chi connectivity index (χ3n) is 2.59. The third-order valence-corrected chi connectivity index (χ3v) is 3.08. The summed E-state index contributed by atoms with van der Waals surface area (Å²) in [7, 11) is 0. The number of hydrogen-bond donors (Lipinski definition) is 1. The second kappa shape index (κ2) is 5.40. The highest BCUT2D eigenvalue weighted by molar-refractivity contribution is 9.10. The molecule has 3 nitrogen and oxygen atoms in total. The van der Waals surface area contributed by atoms with Crippen molar-refractivity contribution in [2.75, 3.05) is 0 Å². The molecule has 0 aliphatic rings. The van der Waals surface area contributed by atoms with Gasteiger partial charge in [0, 0.05) is 10.0 Å². The van der Waals surface area contributed by atoms with Crippen LogP contribution in [0.4, 0.5) is 4.39 Å². The number of primary amides is 1. The summed E-state index contributed by atoms with van der Waals surface area (Å²) in [5.41, 5.74) is 6.06. The molecule has 2 aromatic rings. The normalized spacial score (nSPS) is 10.3. The van der Waals surface area contributed by atoms with Crippen molar-refractivity contribution in [2.24, 2.45) is 5.73 Å². The van der Waals surface area contributed by atoms with Crippen LogP contribution in [0, 0.1) is 12.7 Å². The lowest BCUT2D eigenvalue weighted by Crippen LogP contribution is -2.11. The molecule has 2 rings (SSSR count). The van der Waals surface area contributed by atoms with Gasteiger partial charge in [-0.25, -0.2) is 4.39 Å². The Morgan fingerprint density at radius 1 is 1.21 bits per heavy atom. The number of benzene rings is 2. The average Bonchev–Trinajstić information content (AvgIpc) is 2.36. The van der Waals surface area contributed by atoms with Crippen molar-refractivity contribution in [3.8, 4) is 11.5 Å². The third kappa shape index (κ3) is 3.12. The van der Waals surface area contributed by atoms with Crippen LogP contribution in [-0.4, -0.2) is 5.91 Å². The van der Waals surface area contributed by atoms with Crippen molar-refractivity contribution < 1.29 is 13.9 Å². The largest absolute Gasteiger partial charge is 0.454 e. The van der Waals surface area contributed by atoms with Gasteiger partial charge < -0.3 is 10.5 Å². The lowest BCUT2D eigenvalue weighted by atomic mass is 10.2. The number of ether oxygens (including phenoxy) is 1. The monoisotopic (exact) mass is 323 g/mol. The fourth-order valence-electron chi connectivity index (χ4n) is 1.54. The first-order valence-corrected chi connectivity index (χ1v) is 6.30. The van der Waals surface area contributed by atoms with Crippen LogP contribution >= 0.6 is 15.9 Å². The Morgan fingerprint density at radius 3 is 2.58 bits per heavy atom. The summed E-state index contributed by atoms with van der Waals surface area (Å²) in [6.45, 7) is 1.86. The van der Waals surface area contributed by atoms with E-state index in [1.807, 2.05) is 19.1 Å². The van der Waals surface area contributed by atoms with Crippen molar-refractivity contribution in [3.05, 3.63) is 57.8 Å². The summed E-state index contributed by atoms with van der Waals surface area (Å²) in [6, 6.07) is 9.34. The van der Waals surface area contributed by atoms with Gasteiger partial charge in [0.2, 0.25) is 5.91 Å². The first-order chi connectivity index (χ1) is 8.97. The van der Waals surface area contributed by atoms with Crippen LogP contribution in [0.2, 0.25) is 0 Å². The molecule has 98 valence electrons. The van der Waals surface area contributed by atoms with Gasteiger partial charge in [0.05, 0.1) is 0 Å². The SMILES string of the molecule is Cc1ccc(Br)cc1Oc1ccc(C(N)=O)cc1F. The van der Waals surface area contributed by atoms with E-state index in [4.69, 9.17) is 10.5 Å². The van der Waals surface area contributed by atoms with E-state index in [2.05, 4.69) is 15.9 Å². The zero-order chi connectivity index (χ0) is 14.0. The van der Waals surface area contributed by atoms with E-state index in [1.54, 1.807) is 6.07 Å². The number of carbonyl (C=O) groups is 1. The molecule has 1 amide bonds. The zero-order valence-electron chi connectivity index (χ0n) is 10.1. The molecule has 0 saturated carbocycles. The summed E-state index contributed by atoms with van der Waals surface area (Å²) >= 11 is 3.32. The van der Waals surface area contributed by atoms with E-state index in [9.17, 15) is 9.18 Å². The molecule has 0 atom stereocenters. The van der Waals surface area contributed by atoms with E-state index in [1.165, 1.54) is 12.1 Å². The Kier molecular flexibility index (Phi) is 3.85. The van der Waals surface area contributed by atoms with Gasteiger partial charge in [-0.3, -0.25) is 4.79 Å². The molecular formula is C14H11BrFNO2. The minimum Gasteiger partial charge on any atom is -0.454 e. The molecule has 5 heteroatoms. The number of hydrogen-bond acceptors (Lipinski definition) is 2. The Labute approximate surface area is 118 Å². The van der Waals surface area contributed by atoms with Crippen molar-refractivity contribution in [1.82, 2.24) is 0 Å². The Morgan fingerprint density at radius 2 is 1.95 bits per heavy atom. The average molecular weight is 324 g/mol. The molecule has 0 aliphatic heterocycles. The molecule has 2 aromatic carbocycles. The van der Waals surface area contributed by atoms with Gasteiger partial charge in [0.25, 0.3) is 0 Å². The predicted octanol–water partition coefficient (Wildman–Crippen LogP) is 3.79. The van der Waals surface area contributed by atoms with Crippen LogP contribution in [0.25, 0.3) is 0 Å². The number of carbonyl (C=O) groups excluding carboxylic acids is 1. The van der Waals surface area contributed by atoms with Crippen LogP contribution in [0.15, 0.2) is 40.9 Å². The quantitative estimate of drug-likeness (QED) is 0.934. The second-order valence-corrected chi connectivity index (χ2v) is 4.94. The summed E-state index contributed by atoms with van der Waals surface area (Å²) in [4.78, 5) is 10.9. The molecule has 0 aliphatic carbocycles. The van der Waals surface area contributed by atoms with Crippen molar-refractivity contribution in [3.63, 3.8) is 0 Å². The highest BCUT2D eigenvalue weighted by Gasteiger charge is 2.10. The zero-order valence-corrected chi connectivity index (χ0v) is 11.7. The predicted molar refractivity (Wildman–Crippen MR) is 73.9 cm³/mol. The van der Waals surface area contributed by atoms with Crippen LogP contribution in [-0.2, 0) is 0 Å². The molecule has 19 heavy (non-hydrogen) atoms. The number of amides is 1. The Hall–Kier alpha value is -1.88. The van der Waals surface area contributed by atoms with Crippen LogP contribution < -0.4 is 10.5 Å². The molecule has 0 saturated heterocycles. The first kappa shape index (κ1) is 13.5. The maximum Gasteiger partial charge on any atom is 0.248 e. The minimum atomic E-state index is -0.677. The maximum atomic E-state index is 13.8. The molecule has 0 fully saturated rings. The minimum absolute atomic E-state index is 0.0474. The van der Waals surface area contributed by atoms with Gasteiger partial charge >= 0.3 is 0 Å². The summed E-state index contributed by atoms with van der Waals surface area (Å²) < 4.78 is 20.1. The number of aryl methyl sites for hydroxylation is 1. The smallest absolute Gasteiger partial charge is 0.248 e. The molecule has 0 aromatic heterocycles. The fraction of sp³-hybridized carbons (Fsp3) is 0.0714. The van der Waals surface area contributed by atoms with E-state index < -0.39 is 11.7 Å². The molecule has 0 unspecified atom stereocenters. The Balaban J connectivity index is 2.33. The molecular weight excluding hydrogens is 313 g/mol. The van der Waals surface area contributed by atoms with Crippen molar-refractivity contribution in [1.29, 1.82) is 0 Å². The first-order valence-electron chi connectivity index (χ1n) is 5.51. The van der Waals surface area contributed by atoms with Gasteiger partial charge in [-0.15, -0.1) is 0 Å². The Bertz CT molecular complexity index is 643. The maximum absolute atomic E-state index is 13.8. The summed E-state index contributed by atoms with van der Waals surface area (Å²) in [6.07, 6.45) is 0. The molecule has 0 radical (unpaired) electrons. The van der Waals surface area contributed by atoms with Gasteiger partial charge in [0.1, 0.15) is 5.75 Å². The highest BCUT2D eigenvalue weighted by Crippen LogP contribution is 2.30. The van der Waals surface area contributed by atoms with Crippen LogP contribution in [0.5, 0.6) is 11.5 Å². The van der Waals surface area contributed by atoms with Crippen molar-refractivity contribution in [2.45, 2.75) is 6.92 Å². The highest BCUT2D eigenvalue weighted by atomic mass is 79.9. The second-order valence-electron chi connectivity index (χ2n) is 4.02. The van der Waals surface area contributed by atoms with Crippen LogP contribution in [0.3, 0.4) is 0 Å². The fourth-order valence-corrected chi connectivity index (χ4v) is 1.88. The summed E-state index contributed by atoms with van der Waals surface area (Å²) in [5, 5.41) is 0. The molecule has 0 spiro atoms. The van der Waals surface area contributed by atoms with Gasteiger partial charge in [-0.2, -0.15) is 0 Å². The van der Waals surface area contributed by atoms with E-state index in [0.717, 1.165) is 16.1 Å². The standard InChI is InChI=1S/C14H11BrFNO2/c1-8-2-4-10(15)7-13(8)19-12-5-3-9(14(17)18)6-11(12)16/h2-7H,1H3,(H2,17,18). The van der Waals surface area contributed by atoms with Gasteiger partial charge in [0.15, 0.2) is 11.6 Å². The lowest BCUT2D eigenvalue weighted by Gasteiger charge is -2.10. The van der Waals surface area contributed by atoms with Gasteiger partial charge in [-0.05, 0) is 42.8 Å². The van der Waals surface area contributed by atoms with Gasteiger partial charge in [-0.1, -0.05) is 22.0 Å².